The van der Waals surface area contributed by atoms with E-state index in [4.69, 9.17) is 0 Å². The van der Waals surface area contributed by atoms with Gasteiger partial charge in [0.1, 0.15) is 4.90 Å². The number of nitrogens with zero attached hydrogens (tertiary/aromatic N) is 1. The van der Waals surface area contributed by atoms with E-state index in [1.54, 1.807) is 10.4 Å². The Morgan fingerprint density at radius 3 is 2.53 bits per heavy atom. The van der Waals surface area contributed by atoms with Crippen molar-refractivity contribution in [2.75, 3.05) is 20.1 Å². The highest BCUT2D eigenvalue weighted by Crippen LogP contribution is 2.34. The zero-order valence-electron chi connectivity index (χ0n) is 11.0. The van der Waals surface area contributed by atoms with Gasteiger partial charge < -0.3 is 5.32 Å². The molecule has 0 bridgehead atoms. The van der Waals surface area contributed by atoms with Gasteiger partial charge in [0, 0.05) is 24.5 Å². The summed E-state index contributed by atoms with van der Waals surface area (Å²) in [5.41, 5.74) is 0. The number of nitrogens with one attached hydrogen (secondary N) is 1. The predicted octanol–water partition coefficient (Wildman–Crippen LogP) is 2.79. The van der Waals surface area contributed by atoms with E-state index in [0.29, 0.717) is 28.3 Å². The van der Waals surface area contributed by atoms with E-state index in [2.05, 4.69) is 21.2 Å². The van der Waals surface area contributed by atoms with Crippen LogP contribution in [0.5, 0.6) is 0 Å². The molecule has 7 heteroatoms. The minimum Gasteiger partial charge on any atom is -0.315 e. The van der Waals surface area contributed by atoms with Crippen molar-refractivity contribution in [1.29, 1.82) is 0 Å². The molecule has 1 aliphatic rings. The number of thiophene rings is 1. The second-order valence-electron chi connectivity index (χ2n) is 4.70. The summed E-state index contributed by atoms with van der Waals surface area (Å²) in [7, 11) is -1.49. The van der Waals surface area contributed by atoms with Crippen LogP contribution in [0.25, 0.3) is 0 Å². The standard InChI is InChI=1S/C12H19BrN2O2S2/c1-14-9-10-8-11(12(13)18-10)19(16,17)15-6-4-2-3-5-7-15/h8,14H,2-7,9H2,1H3. The summed E-state index contributed by atoms with van der Waals surface area (Å²) in [6.45, 7) is 1.98. The van der Waals surface area contributed by atoms with Crippen molar-refractivity contribution in [3.8, 4) is 0 Å². The van der Waals surface area contributed by atoms with Crippen molar-refractivity contribution in [1.82, 2.24) is 9.62 Å². The zero-order valence-corrected chi connectivity index (χ0v) is 14.2. The molecule has 2 heterocycles. The third-order valence-corrected chi connectivity index (χ3v) is 7.39. The van der Waals surface area contributed by atoms with Crippen LogP contribution in [0.1, 0.15) is 30.6 Å². The molecule has 0 radical (unpaired) electrons. The summed E-state index contributed by atoms with van der Waals surface area (Å²) >= 11 is 4.88. The lowest BCUT2D eigenvalue weighted by atomic mass is 10.2. The summed E-state index contributed by atoms with van der Waals surface area (Å²) in [6.07, 6.45) is 4.18. The molecule has 1 fully saturated rings. The lowest BCUT2D eigenvalue weighted by Gasteiger charge is -2.19. The summed E-state index contributed by atoms with van der Waals surface area (Å²) in [4.78, 5) is 1.45. The molecule has 0 spiro atoms. The monoisotopic (exact) mass is 366 g/mol. The van der Waals surface area contributed by atoms with E-state index in [9.17, 15) is 8.42 Å². The normalized spacial score (nSPS) is 18.4. The Balaban J connectivity index is 2.27. The lowest BCUT2D eigenvalue weighted by Crippen LogP contribution is -2.31. The number of hydrogen-bond donors (Lipinski definition) is 1. The Labute approximate surface area is 127 Å². The highest BCUT2D eigenvalue weighted by atomic mass is 79.9. The van der Waals surface area contributed by atoms with Gasteiger partial charge in [0.05, 0.1) is 3.79 Å². The minimum absolute atomic E-state index is 0.421. The smallest absolute Gasteiger partial charge is 0.245 e. The van der Waals surface area contributed by atoms with Crippen molar-refractivity contribution < 1.29 is 8.42 Å². The van der Waals surface area contributed by atoms with Crippen molar-refractivity contribution in [2.24, 2.45) is 0 Å². The van der Waals surface area contributed by atoms with Crippen LogP contribution in [0.3, 0.4) is 0 Å². The molecular formula is C12H19BrN2O2S2. The highest BCUT2D eigenvalue weighted by molar-refractivity contribution is 9.11. The lowest BCUT2D eigenvalue weighted by molar-refractivity contribution is 0.423. The van der Waals surface area contributed by atoms with Crippen LogP contribution in [-0.2, 0) is 16.6 Å². The van der Waals surface area contributed by atoms with E-state index < -0.39 is 10.0 Å². The van der Waals surface area contributed by atoms with Gasteiger partial charge in [-0.05, 0) is 41.9 Å². The fourth-order valence-corrected chi connectivity index (χ4v) is 6.42. The van der Waals surface area contributed by atoms with Gasteiger partial charge in [0.2, 0.25) is 10.0 Å². The second-order valence-corrected chi connectivity index (χ2v) is 9.06. The Morgan fingerprint density at radius 1 is 1.32 bits per heavy atom. The maximum atomic E-state index is 12.7. The molecule has 0 aliphatic carbocycles. The topological polar surface area (TPSA) is 49.4 Å². The van der Waals surface area contributed by atoms with Crippen LogP contribution in [0.2, 0.25) is 0 Å². The molecule has 1 saturated heterocycles. The highest BCUT2D eigenvalue weighted by Gasteiger charge is 2.28. The predicted molar refractivity (Wildman–Crippen MR) is 82.0 cm³/mol. The van der Waals surface area contributed by atoms with Gasteiger partial charge in [-0.1, -0.05) is 12.8 Å². The van der Waals surface area contributed by atoms with Crippen molar-refractivity contribution in [3.63, 3.8) is 0 Å². The Hall–Kier alpha value is 0.0500. The first kappa shape index (κ1) is 15.4. The summed E-state index contributed by atoms with van der Waals surface area (Å²) in [5.74, 6) is 0. The molecule has 1 aromatic heterocycles. The zero-order chi connectivity index (χ0) is 13.9. The van der Waals surface area contributed by atoms with Crippen LogP contribution in [-0.4, -0.2) is 32.9 Å². The molecular weight excluding hydrogens is 348 g/mol. The van der Waals surface area contributed by atoms with Gasteiger partial charge in [0.15, 0.2) is 0 Å². The molecule has 1 aromatic rings. The molecule has 0 unspecified atom stereocenters. The second kappa shape index (κ2) is 6.67. The van der Waals surface area contributed by atoms with Gasteiger partial charge in [-0.2, -0.15) is 4.31 Å². The van der Waals surface area contributed by atoms with Gasteiger partial charge >= 0.3 is 0 Å². The largest absolute Gasteiger partial charge is 0.315 e. The van der Waals surface area contributed by atoms with Gasteiger partial charge in [-0.3, -0.25) is 0 Å². The van der Waals surface area contributed by atoms with Crippen molar-refractivity contribution in [2.45, 2.75) is 37.1 Å². The number of sulfonamides is 1. The Bertz CT molecular complexity index is 520. The third-order valence-electron chi connectivity index (χ3n) is 3.24. The molecule has 0 saturated carbocycles. The quantitative estimate of drug-likeness (QED) is 0.890. The van der Waals surface area contributed by atoms with Gasteiger partial charge in [-0.15, -0.1) is 11.3 Å². The summed E-state index contributed by atoms with van der Waals surface area (Å²) < 4.78 is 27.7. The molecule has 108 valence electrons. The van der Waals surface area contributed by atoms with Crippen LogP contribution in [0.15, 0.2) is 14.7 Å². The van der Waals surface area contributed by atoms with E-state index in [0.717, 1.165) is 30.6 Å². The van der Waals surface area contributed by atoms with Crippen LogP contribution in [0, 0.1) is 0 Å². The maximum absolute atomic E-state index is 12.7. The molecule has 19 heavy (non-hydrogen) atoms. The van der Waals surface area contributed by atoms with E-state index in [1.165, 1.54) is 11.3 Å². The molecule has 0 amide bonds. The first-order valence-corrected chi connectivity index (χ1v) is 9.53. The van der Waals surface area contributed by atoms with E-state index in [-0.39, 0.29) is 0 Å². The van der Waals surface area contributed by atoms with Crippen LogP contribution < -0.4 is 5.32 Å². The molecule has 4 nitrogen and oxygen atoms in total. The average Bonchev–Trinajstić information content (AvgIpc) is 2.60. The van der Waals surface area contributed by atoms with Crippen LogP contribution >= 0.6 is 27.3 Å². The maximum Gasteiger partial charge on any atom is 0.245 e. The van der Waals surface area contributed by atoms with E-state index in [1.807, 2.05) is 7.05 Å². The van der Waals surface area contributed by atoms with Crippen LogP contribution in [0.4, 0.5) is 0 Å². The third kappa shape index (κ3) is 3.58. The summed E-state index contributed by atoms with van der Waals surface area (Å²) in [6, 6.07) is 1.78. The first-order chi connectivity index (χ1) is 9.05. The Kier molecular flexibility index (Phi) is 5.42. The van der Waals surface area contributed by atoms with Crippen molar-refractivity contribution in [3.05, 3.63) is 14.7 Å². The fraction of sp³-hybridized carbons (Fsp3) is 0.667. The number of hydrogen-bond acceptors (Lipinski definition) is 4. The number of rotatable bonds is 4. The molecule has 1 aliphatic heterocycles. The summed E-state index contributed by atoms with van der Waals surface area (Å²) in [5, 5.41) is 3.05. The first-order valence-electron chi connectivity index (χ1n) is 6.48. The average molecular weight is 367 g/mol. The number of halogens is 1. The molecule has 2 rings (SSSR count). The van der Waals surface area contributed by atoms with Gasteiger partial charge in [0.25, 0.3) is 0 Å². The van der Waals surface area contributed by atoms with E-state index >= 15 is 0 Å². The molecule has 1 N–H and O–H groups in total. The van der Waals surface area contributed by atoms with Gasteiger partial charge in [-0.25, -0.2) is 8.42 Å². The Morgan fingerprint density at radius 2 is 1.95 bits per heavy atom. The van der Waals surface area contributed by atoms with Crippen molar-refractivity contribution >= 4 is 37.3 Å². The molecule has 0 aromatic carbocycles. The fourth-order valence-electron chi connectivity index (χ4n) is 2.26. The minimum atomic E-state index is -3.34. The SMILES string of the molecule is CNCc1cc(S(=O)(=O)N2CCCCCC2)c(Br)s1. The molecule has 0 atom stereocenters.